The van der Waals surface area contributed by atoms with Gasteiger partial charge in [-0.15, -0.1) is 0 Å². The van der Waals surface area contributed by atoms with Gasteiger partial charge in [0.25, 0.3) is 0 Å². The molecule has 2 rings (SSSR count). The Morgan fingerprint density at radius 2 is 2.17 bits per heavy atom. The normalized spacial score (nSPS) is 10.4. The van der Waals surface area contributed by atoms with Crippen LogP contribution in [0.1, 0.15) is 0 Å². The molecule has 0 saturated heterocycles. The Morgan fingerprint density at radius 3 is 3.00 bits per heavy atom. The van der Waals surface area contributed by atoms with E-state index in [2.05, 4.69) is 27.6 Å². The predicted molar refractivity (Wildman–Crippen MR) is 56.1 cm³/mol. The fourth-order valence-corrected chi connectivity index (χ4v) is 1.77. The van der Waals surface area contributed by atoms with Gasteiger partial charge in [-0.1, -0.05) is 6.07 Å². The number of aromatic nitrogens is 1. The molecule has 3 heteroatoms. The fourth-order valence-electron chi connectivity index (χ4n) is 1.14. The number of phenols is 1. The van der Waals surface area contributed by atoms with Crippen LogP contribution in [0.5, 0.6) is 5.75 Å². The average molecular weight is 267 g/mol. The van der Waals surface area contributed by atoms with Crippen molar-refractivity contribution in [2.24, 2.45) is 0 Å². The molecule has 1 N–H and O–H groups in total. The zero-order valence-electron chi connectivity index (χ0n) is 6.16. The van der Waals surface area contributed by atoms with Crippen LogP contribution in [0.4, 0.5) is 0 Å². The monoisotopic (exact) mass is 267 g/mol. The summed E-state index contributed by atoms with van der Waals surface area (Å²) in [4.78, 5) is 4.07. The maximum Gasteiger partial charge on any atom is 0.142 e. The van der Waals surface area contributed by atoms with Crippen molar-refractivity contribution in [1.29, 1.82) is 0 Å². The van der Waals surface area contributed by atoms with E-state index in [-0.39, 0.29) is 5.75 Å². The molecule has 1 heterocycles. The third-order valence-corrected chi connectivity index (χ3v) is 2.27. The molecule has 60 valence electrons. The zero-order chi connectivity index (χ0) is 8.55. The van der Waals surface area contributed by atoms with Crippen LogP contribution in [0, 0.1) is 3.57 Å². The van der Waals surface area contributed by atoms with Crippen molar-refractivity contribution in [2.75, 3.05) is 0 Å². The summed E-state index contributed by atoms with van der Waals surface area (Å²) in [5, 5.41) is 10.5. The van der Waals surface area contributed by atoms with Crippen LogP contribution in [-0.2, 0) is 0 Å². The van der Waals surface area contributed by atoms with Crippen molar-refractivity contribution in [3.63, 3.8) is 0 Å². The van der Waals surface area contributed by atoms with E-state index in [1.807, 2.05) is 18.2 Å². The number of hydrogen-bond acceptors (Lipinski definition) is 2. The molecule has 0 saturated carbocycles. The number of fused-ring (bicyclic) bond motifs is 1. The molecule has 0 aliphatic carbocycles. The van der Waals surface area contributed by atoms with Crippen molar-refractivity contribution in [3.8, 4) is 5.75 Å². The second-order valence-corrected chi connectivity index (χ2v) is 3.75. The standard InChI is InChI=1S/C9H6INO/c10-7-4-6-2-1-3-11-9(6)8(12)5-7/h1-5,12H/i10-4. The summed E-state index contributed by atoms with van der Waals surface area (Å²) >= 11 is 2.17. The third-order valence-electron chi connectivity index (χ3n) is 1.65. The van der Waals surface area contributed by atoms with E-state index >= 15 is 0 Å². The lowest BCUT2D eigenvalue weighted by Gasteiger charge is -1.99. The molecule has 0 fully saturated rings. The van der Waals surface area contributed by atoms with Crippen molar-refractivity contribution < 1.29 is 5.11 Å². The molecule has 0 unspecified atom stereocenters. The van der Waals surface area contributed by atoms with Gasteiger partial charge in [0, 0.05) is 15.2 Å². The molecule has 2 aromatic rings. The molecule has 0 atom stereocenters. The average Bonchev–Trinajstić information content (AvgIpc) is 2.04. The minimum absolute atomic E-state index is 0.248. The first-order valence-electron chi connectivity index (χ1n) is 3.50. The zero-order valence-corrected chi connectivity index (χ0v) is 8.32. The highest BCUT2D eigenvalue weighted by Gasteiger charge is 2.00. The maximum absolute atomic E-state index is 9.48. The number of aromatic hydroxyl groups is 1. The predicted octanol–water partition coefficient (Wildman–Crippen LogP) is 2.55. The first kappa shape index (κ1) is 7.79. The number of hydrogen-bond donors (Lipinski definition) is 1. The van der Waals surface area contributed by atoms with Gasteiger partial charge in [0.2, 0.25) is 0 Å². The second-order valence-electron chi connectivity index (χ2n) is 2.50. The summed E-state index contributed by atoms with van der Waals surface area (Å²) in [6, 6.07) is 7.49. The van der Waals surface area contributed by atoms with Crippen molar-refractivity contribution >= 4 is 33.5 Å². The van der Waals surface area contributed by atoms with Gasteiger partial charge in [0.05, 0.1) is 0 Å². The van der Waals surface area contributed by atoms with Gasteiger partial charge < -0.3 is 5.11 Å². The molecule has 1 aromatic heterocycles. The van der Waals surface area contributed by atoms with Crippen LogP contribution < -0.4 is 0 Å². The Kier molecular flexibility index (Phi) is 1.88. The van der Waals surface area contributed by atoms with Crippen molar-refractivity contribution in [3.05, 3.63) is 34.0 Å². The molecule has 0 aliphatic heterocycles. The Balaban J connectivity index is 2.89. The Labute approximate surface area is 83.4 Å². The minimum Gasteiger partial charge on any atom is -0.506 e. The first-order chi connectivity index (χ1) is 5.77. The highest BCUT2D eigenvalue weighted by atomic mass is 123. The van der Waals surface area contributed by atoms with Crippen molar-refractivity contribution in [1.82, 2.24) is 4.98 Å². The van der Waals surface area contributed by atoms with Crippen LogP contribution in [0.2, 0.25) is 0 Å². The van der Waals surface area contributed by atoms with E-state index in [0.29, 0.717) is 5.52 Å². The van der Waals surface area contributed by atoms with E-state index in [1.165, 1.54) is 0 Å². The first-order valence-corrected chi connectivity index (χ1v) is 4.58. The van der Waals surface area contributed by atoms with Crippen LogP contribution in [0.3, 0.4) is 0 Å². The number of pyridine rings is 1. The Bertz CT molecular complexity index is 428. The van der Waals surface area contributed by atoms with Crippen LogP contribution >= 0.6 is 22.6 Å². The second kappa shape index (κ2) is 2.90. The van der Waals surface area contributed by atoms with Gasteiger partial charge >= 0.3 is 0 Å². The molecule has 2 nitrogen and oxygen atoms in total. The number of phenolic OH excluding ortho intramolecular Hbond substituents is 1. The van der Waals surface area contributed by atoms with E-state index < -0.39 is 0 Å². The van der Waals surface area contributed by atoms with Gasteiger partial charge in [0.1, 0.15) is 11.3 Å². The van der Waals surface area contributed by atoms with Crippen molar-refractivity contribution in [2.45, 2.75) is 0 Å². The maximum atomic E-state index is 9.48. The Hall–Kier alpha value is -0.840. The summed E-state index contributed by atoms with van der Waals surface area (Å²) in [5.74, 6) is 0.248. The molecule has 0 spiro atoms. The summed E-state index contributed by atoms with van der Waals surface area (Å²) in [6.07, 6.45) is 1.68. The Morgan fingerprint density at radius 1 is 1.33 bits per heavy atom. The van der Waals surface area contributed by atoms with Gasteiger partial charge in [-0.25, -0.2) is 0 Å². The van der Waals surface area contributed by atoms with E-state index in [1.54, 1.807) is 12.3 Å². The summed E-state index contributed by atoms with van der Waals surface area (Å²) in [5.41, 5.74) is 0.665. The molecule has 0 bridgehead atoms. The van der Waals surface area contributed by atoms with E-state index in [9.17, 15) is 5.11 Å². The lowest BCUT2D eigenvalue weighted by molar-refractivity contribution is 0.480. The largest absolute Gasteiger partial charge is 0.506 e. The minimum atomic E-state index is 0.248. The molecule has 0 aliphatic rings. The molecule has 1 aromatic carbocycles. The van der Waals surface area contributed by atoms with E-state index in [0.717, 1.165) is 8.96 Å². The van der Waals surface area contributed by atoms with Gasteiger partial charge in [-0.05, 0) is 40.8 Å². The lowest BCUT2D eigenvalue weighted by atomic mass is 10.2. The van der Waals surface area contributed by atoms with Crippen LogP contribution in [0.15, 0.2) is 30.5 Å². The van der Waals surface area contributed by atoms with Crippen LogP contribution in [0.25, 0.3) is 10.9 Å². The number of rotatable bonds is 0. The fraction of sp³-hybridized carbons (Fsp3) is 0. The topological polar surface area (TPSA) is 33.1 Å². The lowest BCUT2D eigenvalue weighted by Crippen LogP contribution is -1.79. The summed E-state index contributed by atoms with van der Waals surface area (Å²) in [7, 11) is 0. The third kappa shape index (κ3) is 1.24. The van der Waals surface area contributed by atoms with Gasteiger partial charge in [-0.2, -0.15) is 0 Å². The summed E-state index contributed by atoms with van der Waals surface area (Å²) < 4.78 is 1.02. The highest BCUT2D eigenvalue weighted by molar-refractivity contribution is 14.1. The quantitative estimate of drug-likeness (QED) is 0.744. The van der Waals surface area contributed by atoms with Gasteiger partial charge in [0.15, 0.2) is 0 Å². The molecular weight excluding hydrogens is 261 g/mol. The molecule has 0 amide bonds. The summed E-state index contributed by atoms with van der Waals surface area (Å²) in [6.45, 7) is 0. The smallest absolute Gasteiger partial charge is 0.142 e. The molecule has 12 heavy (non-hydrogen) atoms. The number of nitrogens with zero attached hydrogens (tertiary/aromatic N) is 1. The van der Waals surface area contributed by atoms with Crippen LogP contribution in [-0.4, -0.2) is 10.1 Å². The van der Waals surface area contributed by atoms with E-state index in [4.69, 9.17) is 0 Å². The molecule has 0 radical (unpaired) electrons. The van der Waals surface area contributed by atoms with Gasteiger partial charge in [-0.3, -0.25) is 4.98 Å². The molecular formula is C9H6INO. The SMILES string of the molecule is Oc1cc([123I])cc2cccnc12. The highest BCUT2D eigenvalue weighted by Crippen LogP contribution is 2.24. The number of halogens is 1. The number of benzene rings is 1.